The van der Waals surface area contributed by atoms with Crippen LogP contribution in [0.25, 0.3) is 0 Å². The SMILES string of the molecule is CC1CC(C(=O)O)CN(Cc2cc(Cl)cs2)C1. The number of carboxylic acids is 1. The first kappa shape index (κ1) is 12.9. The van der Waals surface area contributed by atoms with Gasteiger partial charge in [-0.05, 0) is 18.4 Å². The summed E-state index contributed by atoms with van der Waals surface area (Å²) >= 11 is 7.52. The van der Waals surface area contributed by atoms with Crippen LogP contribution in [0.2, 0.25) is 5.02 Å². The van der Waals surface area contributed by atoms with E-state index in [0.29, 0.717) is 12.5 Å². The number of likely N-dealkylation sites (tertiary alicyclic amines) is 1. The van der Waals surface area contributed by atoms with Gasteiger partial charge in [0.15, 0.2) is 0 Å². The molecule has 0 bridgehead atoms. The molecule has 5 heteroatoms. The van der Waals surface area contributed by atoms with Crippen molar-refractivity contribution in [1.29, 1.82) is 0 Å². The van der Waals surface area contributed by atoms with Gasteiger partial charge in [0.05, 0.1) is 10.9 Å². The highest BCUT2D eigenvalue weighted by atomic mass is 35.5. The van der Waals surface area contributed by atoms with E-state index in [2.05, 4.69) is 11.8 Å². The second-order valence-electron chi connectivity index (χ2n) is 4.80. The lowest BCUT2D eigenvalue weighted by atomic mass is 9.90. The number of halogens is 1. The number of thiophene rings is 1. The largest absolute Gasteiger partial charge is 0.481 e. The highest BCUT2D eigenvalue weighted by Gasteiger charge is 2.29. The summed E-state index contributed by atoms with van der Waals surface area (Å²) in [6.07, 6.45) is 0.789. The molecule has 1 saturated heterocycles. The highest BCUT2D eigenvalue weighted by molar-refractivity contribution is 7.10. The summed E-state index contributed by atoms with van der Waals surface area (Å²) in [4.78, 5) is 14.5. The summed E-state index contributed by atoms with van der Waals surface area (Å²) in [6.45, 7) is 4.55. The van der Waals surface area contributed by atoms with Crippen molar-refractivity contribution in [1.82, 2.24) is 4.90 Å². The van der Waals surface area contributed by atoms with E-state index in [9.17, 15) is 4.79 Å². The molecule has 0 aliphatic carbocycles. The molecule has 0 spiro atoms. The van der Waals surface area contributed by atoms with Gasteiger partial charge in [-0.25, -0.2) is 0 Å². The predicted molar refractivity (Wildman–Crippen MR) is 69.5 cm³/mol. The summed E-state index contributed by atoms with van der Waals surface area (Å²) in [5, 5.41) is 11.8. The molecule has 1 aromatic rings. The van der Waals surface area contributed by atoms with Crippen LogP contribution in [0, 0.1) is 11.8 Å². The minimum atomic E-state index is -0.675. The number of piperidine rings is 1. The Labute approximate surface area is 110 Å². The number of hydrogen-bond acceptors (Lipinski definition) is 3. The van der Waals surface area contributed by atoms with Gasteiger partial charge in [-0.2, -0.15) is 0 Å². The van der Waals surface area contributed by atoms with Crippen LogP contribution >= 0.6 is 22.9 Å². The lowest BCUT2D eigenvalue weighted by Gasteiger charge is -2.34. The Morgan fingerprint density at radius 1 is 1.65 bits per heavy atom. The predicted octanol–water partition coefficient (Wildman–Crippen LogP) is 2.94. The van der Waals surface area contributed by atoms with Gasteiger partial charge in [-0.3, -0.25) is 9.69 Å². The average Bonchev–Trinajstić information content (AvgIpc) is 2.63. The Morgan fingerprint density at radius 2 is 2.41 bits per heavy atom. The van der Waals surface area contributed by atoms with E-state index < -0.39 is 5.97 Å². The minimum absolute atomic E-state index is 0.228. The molecule has 3 nitrogen and oxygen atoms in total. The summed E-state index contributed by atoms with van der Waals surface area (Å²) in [5.74, 6) is -0.458. The second-order valence-corrected chi connectivity index (χ2v) is 6.23. The van der Waals surface area contributed by atoms with Crippen molar-refractivity contribution in [2.75, 3.05) is 13.1 Å². The monoisotopic (exact) mass is 273 g/mol. The Hall–Kier alpha value is -0.580. The van der Waals surface area contributed by atoms with Gasteiger partial charge in [0.25, 0.3) is 0 Å². The zero-order chi connectivity index (χ0) is 12.4. The zero-order valence-corrected chi connectivity index (χ0v) is 11.3. The molecule has 1 aliphatic rings. The van der Waals surface area contributed by atoms with Crippen LogP contribution in [0.15, 0.2) is 11.4 Å². The molecular formula is C12H16ClNO2S. The number of carbonyl (C=O) groups is 1. The Kier molecular flexibility index (Phi) is 4.07. The fraction of sp³-hybridized carbons (Fsp3) is 0.583. The van der Waals surface area contributed by atoms with Crippen molar-refractivity contribution in [3.05, 3.63) is 21.3 Å². The molecule has 94 valence electrons. The standard InChI is InChI=1S/C12H16ClNO2S/c1-8-2-9(12(15)16)5-14(4-8)6-11-3-10(13)7-17-11/h3,7-9H,2,4-6H2,1H3,(H,15,16). The van der Waals surface area contributed by atoms with E-state index in [1.807, 2.05) is 11.4 Å². The summed E-state index contributed by atoms with van der Waals surface area (Å²) in [5.41, 5.74) is 0. The van der Waals surface area contributed by atoms with Gasteiger partial charge in [0.2, 0.25) is 0 Å². The number of aliphatic carboxylic acids is 1. The fourth-order valence-electron chi connectivity index (χ4n) is 2.43. The van der Waals surface area contributed by atoms with Gasteiger partial charge in [0.1, 0.15) is 0 Å². The smallest absolute Gasteiger partial charge is 0.307 e. The van der Waals surface area contributed by atoms with Crippen molar-refractivity contribution >= 4 is 28.9 Å². The molecule has 17 heavy (non-hydrogen) atoms. The number of rotatable bonds is 3. The minimum Gasteiger partial charge on any atom is -0.481 e. The molecule has 2 atom stereocenters. The molecule has 2 heterocycles. The van der Waals surface area contributed by atoms with Gasteiger partial charge in [-0.1, -0.05) is 18.5 Å². The van der Waals surface area contributed by atoms with Crippen LogP contribution in [0.3, 0.4) is 0 Å². The number of nitrogens with zero attached hydrogens (tertiary/aromatic N) is 1. The van der Waals surface area contributed by atoms with Crippen LogP contribution in [0.4, 0.5) is 0 Å². The molecule has 2 unspecified atom stereocenters. The van der Waals surface area contributed by atoms with E-state index in [1.165, 1.54) is 4.88 Å². The van der Waals surface area contributed by atoms with Crippen LogP contribution in [-0.2, 0) is 11.3 Å². The normalized spacial score (nSPS) is 26.0. The fourth-order valence-corrected chi connectivity index (χ4v) is 3.54. The summed E-state index contributed by atoms with van der Waals surface area (Å²) < 4.78 is 0. The first-order valence-electron chi connectivity index (χ1n) is 5.72. The van der Waals surface area contributed by atoms with E-state index >= 15 is 0 Å². The van der Waals surface area contributed by atoms with Gasteiger partial charge >= 0.3 is 5.97 Å². The maximum atomic E-state index is 11.1. The van der Waals surface area contributed by atoms with Crippen molar-refractivity contribution in [2.45, 2.75) is 19.9 Å². The van der Waals surface area contributed by atoms with E-state index in [-0.39, 0.29) is 5.92 Å². The van der Waals surface area contributed by atoms with E-state index in [4.69, 9.17) is 16.7 Å². The van der Waals surface area contributed by atoms with Gasteiger partial charge in [-0.15, -0.1) is 11.3 Å². The van der Waals surface area contributed by atoms with Crippen molar-refractivity contribution < 1.29 is 9.90 Å². The molecule has 2 rings (SSSR count). The molecule has 0 radical (unpaired) electrons. The summed E-state index contributed by atoms with van der Waals surface area (Å²) in [7, 11) is 0. The van der Waals surface area contributed by atoms with Crippen molar-refractivity contribution in [2.24, 2.45) is 11.8 Å². The number of hydrogen-bond donors (Lipinski definition) is 1. The quantitative estimate of drug-likeness (QED) is 0.921. The first-order valence-corrected chi connectivity index (χ1v) is 6.98. The lowest BCUT2D eigenvalue weighted by molar-refractivity contribution is -0.144. The molecule has 0 amide bonds. The molecule has 1 aliphatic heterocycles. The van der Waals surface area contributed by atoms with E-state index in [1.54, 1.807) is 11.3 Å². The van der Waals surface area contributed by atoms with Gasteiger partial charge < -0.3 is 5.11 Å². The molecule has 0 aromatic carbocycles. The van der Waals surface area contributed by atoms with E-state index in [0.717, 1.165) is 24.5 Å². The number of carboxylic acid groups (broad SMARTS) is 1. The summed E-state index contributed by atoms with van der Waals surface area (Å²) in [6, 6.07) is 1.96. The lowest BCUT2D eigenvalue weighted by Crippen LogP contribution is -2.41. The topological polar surface area (TPSA) is 40.5 Å². The van der Waals surface area contributed by atoms with Crippen LogP contribution in [-0.4, -0.2) is 29.1 Å². The third kappa shape index (κ3) is 3.44. The van der Waals surface area contributed by atoms with Crippen LogP contribution < -0.4 is 0 Å². The molecule has 1 aromatic heterocycles. The van der Waals surface area contributed by atoms with Gasteiger partial charge in [0, 0.05) is 29.9 Å². The molecule has 0 saturated carbocycles. The Balaban J connectivity index is 1.98. The third-order valence-corrected chi connectivity index (χ3v) is 4.35. The molecule has 1 N–H and O–H groups in total. The Morgan fingerprint density at radius 3 is 3.00 bits per heavy atom. The van der Waals surface area contributed by atoms with Crippen LogP contribution in [0.5, 0.6) is 0 Å². The zero-order valence-electron chi connectivity index (χ0n) is 9.73. The third-order valence-electron chi connectivity index (χ3n) is 3.09. The second kappa shape index (κ2) is 5.38. The average molecular weight is 274 g/mol. The Bertz CT molecular complexity index is 407. The first-order chi connectivity index (χ1) is 8.04. The van der Waals surface area contributed by atoms with Crippen molar-refractivity contribution in [3.63, 3.8) is 0 Å². The molecule has 1 fully saturated rings. The molecular weight excluding hydrogens is 258 g/mol. The maximum Gasteiger partial charge on any atom is 0.307 e. The highest BCUT2D eigenvalue weighted by Crippen LogP contribution is 2.26. The maximum absolute atomic E-state index is 11.1. The van der Waals surface area contributed by atoms with Crippen molar-refractivity contribution in [3.8, 4) is 0 Å². The van der Waals surface area contributed by atoms with Crippen LogP contribution in [0.1, 0.15) is 18.2 Å².